The molecule has 3 aromatic rings. The molecule has 4 heteroatoms. The van der Waals surface area contributed by atoms with Crippen LogP contribution in [0, 0.1) is 0 Å². The topological polar surface area (TPSA) is 38.7 Å². The van der Waals surface area contributed by atoms with Crippen LogP contribution in [-0.2, 0) is 0 Å². The van der Waals surface area contributed by atoms with Crippen LogP contribution >= 0.6 is 11.6 Å². The van der Waals surface area contributed by atoms with E-state index in [4.69, 9.17) is 16.3 Å². The number of nitrogens with zero attached hydrogens (tertiary/aromatic N) is 1. The number of aliphatic imine (C=N–C) groups is 1. The molecule has 3 nitrogen and oxygen atoms in total. The molecular weight excluding hydrogens is 334 g/mol. The van der Waals surface area contributed by atoms with Crippen molar-refractivity contribution in [3.63, 3.8) is 0 Å². The zero-order chi connectivity index (χ0) is 17.6. The van der Waals surface area contributed by atoms with E-state index in [1.807, 2.05) is 36.4 Å². The van der Waals surface area contributed by atoms with E-state index in [-0.39, 0.29) is 5.78 Å². The molecule has 0 saturated carbocycles. The molecule has 0 aliphatic heterocycles. The van der Waals surface area contributed by atoms with E-state index in [2.05, 4.69) is 4.99 Å². The molecule has 3 rings (SSSR count). The van der Waals surface area contributed by atoms with Gasteiger partial charge in [0, 0.05) is 16.1 Å². The Balaban J connectivity index is 2.10. The van der Waals surface area contributed by atoms with Crippen LogP contribution in [0.25, 0.3) is 0 Å². The molecule has 0 spiro atoms. The first-order valence-electron chi connectivity index (χ1n) is 7.76. The Morgan fingerprint density at radius 1 is 0.880 bits per heavy atom. The Morgan fingerprint density at radius 3 is 2.32 bits per heavy atom. The van der Waals surface area contributed by atoms with E-state index >= 15 is 0 Å². The predicted molar refractivity (Wildman–Crippen MR) is 101 cm³/mol. The Hall–Kier alpha value is -2.91. The molecule has 0 aromatic heterocycles. The van der Waals surface area contributed by atoms with Gasteiger partial charge in [-0.15, -0.1) is 0 Å². The summed E-state index contributed by atoms with van der Waals surface area (Å²) in [4.78, 5) is 17.7. The second-order valence-corrected chi connectivity index (χ2v) is 5.80. The van der Waals surface area contributed by atoms with Crippen LogP contribution < -0.4 is 4.74 Å². The third-order valence-corrected chi connectivity index (χ3v) is 3.88. The minimum absolute atomic E-state index is 0.190. The second-order valence-electron chi connectivity index (χ2n) is 5.37. The van der Waals surface area contributed by atoms with Crippen molar-refractivity contribution >= 4 is 28.8 Å². The summed E-state index contributed by atoms with van der Waals surface area (Å²) in [5.41, 5.74) is 2.22. The van der Waals surface area contributed by atoms with Gasteiger partial charge in [0.1, 0.15) is 11.5 Å². The number of Topliss-reactive ketones (excluding diaryl/α,β-unsaturated/α-hetero) is 1. The minimum atomic E-state index is -0.190. The van der Waals surface area contributed by atoms with Gasteiger partial charge < -0.3 is 4.74 Å². The Labute approximate surface area is 151 Å². The molecule has 124 valence electrons. The van der Waals surface area contributed by atoms with Gasteiger partial charge in [0.05, 0.1) is 12.8 Å². The lowest BCUT2D eigenvalue weighted by Crippen LogP contribution is -2.16. The summed E-state index contributed by atoms with van der Waals surface area (Å²) in [6, 6.07) is 23.5. The van der Waals surface area contributed by atoms with E-state index in [9.17, 15) is 4.79 Å². The highest BCUT2D eigenvalue weighted by Crippen LogP contribution is 2.20. The maximum absolute atomic E-state index is 13.1. The van der Waals surface area contributed by atoms with Crippen LogP contribution in [0.4, 0.5) is 5.69 Å². The van der Waals surface area contributed by atoms with E-state index in [1.165, 1.54) is 0 Å². The lowest BCUT2D eigenvalue weighted by atomic mass is 10.00. The van der Waals surface area contributed by atoms with Crippen molar-refractivity contribution in [1.29, 1.82) is 0 Å². The number of carbonyl (C=O) groups is 1. The normalized spacial score (nSPS) is 11.2. The summed E-state index contributed by atoms with van der Waals surface area (Å²) >= 11 is 6.10. The summed E-state index contributed by atoms with van der Waals surface area (Å²) in [6.07, 6.45) is 0. The maximum Gasteiger partial charge on any atom is 0.212 e. The van der Waals surface area contributed by atoms with Crippen molar-refractivity contribution in [3.8, 4) is 5.75 Å². The summed E-state index contributed by atoms with van der Waals surface area (Å²) in [5, 5.41) is 0.553. The summed E-state index contributed by atoms with van der Waals surface area (Å²) < 4.78 is 5.21. The lowest BCUT2D eigenvalue weighted by molar-refractivity contribution is 0.106. The van der Waals surface area contributed by atoms with Gasteiger partial charge in [0.15, 0.2) is 0 Å². The van der Waals surface area contributed by atoms with Gasteiger partial charge in [0.2, 0.25) is 5.78 Å². The van der Waals surface area contributed by atoms with E-state index in [0.29, 0.717) is 33.3 Å². The second kappa shape index (κ2) is 7.77. The zero-order valence-corrected chi connectivity index (χ0v) is 14.4. The molecule has 0 amide bonds. The Morgan fingerprint density at radius 2 is 1.60 bits per heavy atom. The zero-order valence-electron chi connectivity index (χ0n) is 13.6. The van der Waals surface area contributed by atoms with Crippen LogP contribution in [0.3, 0.4) is 0 Å². The molecule has 0 radical (unpaired) electrons. The molecule has 0 N–H and O–H groups in total. The van der Waals surface area contributed by atoms with Crippen molar-refractivity contribution in [2.75, 3.05) is 7.11 Å². The van der Waals surface area contributed by atoms with Crippen LogP contribution in [0.1, 0.15) is 15.9 Å². The van der Waals surface area contributed by atoms with Gasteiger partial charge in [-0.2, -0.15) is 0 Å². The maximum atomic E-state index is 13.1. The highest BCUT2D eigenvalue weighted by atomic mass is 35.5. The predicted octanol–water partition coefficient (Wildman–Crippen LogP) is 5.35. The fourth-order valence-corrected chi connectivity index (χ4v) is 2.61. The van der Waals surface area contributed by atoms with Gasteiger partial charge in [0.25, 0.3) is 0 Å². The molecule has 0 aliphatic rings. The molecule has 0 aliphatic carbocycles. The number of rotatable bonds is 5. The van der Waals surface area contributed by atoms with Crippen LogP contribution in [0.5, 0.6) is 5.75 Å². The van der Waals surface area contributed by atoms with Crippen molar-refractivity contribution in [1.82, 2.24) is 0 Å². The fraction of sp³-hybridized carbons (Fsp3) is 0.0476. The van der Waals surface area contributed by atoms with Crippen LogP contribution in [0.2, 0.25) is 5.02 Å². The van der Waals surface area contributed by atoms with Crippen LogP contribution in [-0.4, -0.2) is 18.6 Å². The SMILES string of the molecule is COc1cccc(C(=O)C(=Nc2ccccc2)c2cccc(Cl)c2)c1. The average Bonchev–Trinajstić information content (AvgIpc) is 2.66. The molecule has 25 heavy (non-hydrogen) atoms. The quantitative estimate of drug-likeness (QED) is 0.460. The lowest BCUT2D eigenvalue weighted by Gasteiger charge is -2.08. The molecular formula is C21H16ClNO2. The standard InChI is InChI=1S/C21H16ClNO2/c1-25-19-12-6-8-16(14-19)21(24)20(15-7-5-9-17(22)13-15)23-18-10-3-2-4-11-18/h2-14H,1H3. The number of carbonyl (C=O) groups excluding carboxylic acids is 1. The Bertz CT molecular complexity index is 920. The first kappa shape index (κ1) is 16.9. The molecule has 0 saturated heterocycles. The van der Waals surface area contributed by atoms with Gasteiger partial charge in [-0.3, -0.25) is 4.79 Å². The molecule has 0 bridgehead atoms. The monoisotopic (exact) mass is 349 g/mol. The van der Waals surface area contributed by atoms with Crippen LogP contribution in [0.15, 0.2) is 83.9 Å². The largest absolute Gasteiger partial charge is 0.497 e. The van der Waals surface area contributed by atoms with Crippen molar-refractivity contribution < 1.29 is 9.53 Å². The third kappa shape index (κ3) is 4.14. The molecule has 0 atom stereocenters. The summed E-state index contributed by atoms with van der Waals surface area (Å²) in [5.74, 6) is 0.432. The number of ketones is 1. The third-order valence-electron chi connectivity index (χ3n) is 3.64. The first-order chi connectivity index (χ1) is 12.2. The summed E-state index contributed by atoms with van der Waals surface area (Å²) in [7, 11) is 1.57. The van der Waals surface area contributed by atoms with Crippen molar-refractivity contribution in [3.05, 3.63) is 95.0 Å². The van der Waals surface area contributed by atoms with Crippen molar-refractivity contribution in [2.24, 2.45) is 4.99 Å². The smallest absolute Gasteiger partial charge is 0.212 e. The highest BCUT2D eigenvalue weighted by Gasteiger charge is 2.17. The number of hydrogen-bond donors (Lipinski definition) is 0. The number of para-hydroxylation sites is 1. The minimum Gasteiger partial charge on any atom is -0.497 e. The van der Waals surface area contributed by atoms with E-state index in [0.717, 1.165) is 0 Å². The number of ether oxygens (including phenoxy) is 1. The number of hydrogen-bond acceptors (Lipinski definition) is 3. The summed E-state index contributed by atoms with van der Waals surface area (Å²) in [6.45, 7) is 0. The molecule has 3 aromatic carbocycles. The number of benzene rings is 3. The van der Waals surface area contributed by atoms with Gasteiger partial charge >= 0.3 is 0 Å². The average molecular weight is 350 g/mol. The molecule has 0 unspecified atom stereocenters. The highest BCUT2D eigenvalue weighted by molar-refractivity contribution is 6.52. The van der Waals surface area contributed by atoms with Gasteiger partial charge in [-0.05, 0) is 36.4 Å². The first-order valence-corrected chi connectivity index (χ1v) is 8.13. The van der Waals surface area contributed by atoms with Gasteiger partial charge in [-0.25, -0.2) is 4.99 Å². The molecule has 0 fully saturated rings. The number of methoxy groups -OCH3 is 1. The Kier molecular flexibility index (Phi) is 5.26. The number of halogens is 1. The van der Waals surface area contributed by atoms with Crippen molar-refractivity contribution in [2.45, 2.75) is 0 Å². The van der Waals surface area contributed by atoms with E-state index < -0.39 is 0 Å². The van der Waals surface area contributed by atoms with E-state index in [1.54, 1.807) is 49.6 Å². The fourth-order valence-electron chi connectivity index (χ4n) is 2.41. The van der Waals surface area contributed by atoms with Gasteiger partial charge in [-0.1, -0.05) is 54.1 Å². The molecule has 0 heterocycles.